The fraction of sp³-hybridized carbons (Fsp3) is 0.438. The highest BCUT2D eigenvalue weighted by molar-refractivity contribution is 5.40. The lowest BCUT2D eigenvalue weighted by Gasteiger charge is -2.31. The fourth-order valence-electron chi connectivity index (χ4n) is 3.02. The Morgan fingerprint density at radius 2 is 1.96 bits per heavy atom. The molecule has 24 heavy (non-hydrogen) atoms. The average molecular weight is 325 g/mol. The van der Waals surface area contributed by atoms with Crippen LogP contribution in [0.25, 0.3) is 5.82 Å². The number of rotatable bonds is 3. The maximum absolute atomic E-state index is 5.33. The second-order valence-corrected chi connectivity index (χ2v) is 6.12. The van der Waals surface area contributed by atoms with Crippen molar-refractivity contribution in [2.24, 2.45) is 0 Å². The quantitative estimate of drug-likeness (QED) is 0.728. The van der Waals surface area contributed by atoms with Gasteiger partial charge in [-0.1, -0.05) is 5.16 Å². The smallest absolute Gasteiger partial charge is 0.231 e. The third-order valence-electron chi connectivity index (χ3n) is 4.23. The Morgan fingerprint density at radius 1 is 1.12 bits per heavy atom. The van der Waals surface area contributed by atoms with Gasteiger partial charge in [-0.2, -0.15) is 10.1 Å². The van der Waals surface area contributed by atoms with Gasteiger partial charge in [-0.3, -0.25) is 0 Å². The predicted molar refractivity (Wildman–Crippen MR) is 87.1 cm³/mol. The molecule has 1 aliphatic rings. The number of anilines is 1. The van der Waals surface area contributed by atoms with Crippen LogP contribution in [-0.2, 0) is 0 Å². The Labute approximate surface area is 139 Å². The van der Waals surface area contributed by atoms with Crippen LogP contribution in [-0.4, -0.2) is 43.2 Å². The van der Waals surface area contributed by atoms with Gasteiger partial charge in [0, 0.05) is 19.3 Å². The summed E-state index contributed by atoms with van der Waals surface area (Å²) in [7, 11) is 0. The minimum atomic E-state index is 0.246. The monoisotopic (exact) mass is 325 g/mol. The molecule has 0 radical (unpaired) electrons. The third kappa shape index (κ3) is 2.86. The van der Waals surface area contributed by atoms with Gasteiger partial charge in [0.05, 0.1) is 11.6 Å². The molecule has 0 saturated carbocycles. The molecular weight excluding hydrogens is 306 g/mol. The molecule has 1 fully saturated rings. The van der Waals surface area contributed by atoms with Crippen molar-refractivity contribution in [2.45, 2.75) is 32.6 Å². The van der Waals surface area contributed by atoms with Gasteiger partial charge in [0.2, 0.25) is 5.89 Å². The van der Waals surface area contributed by atoms with E-state index in [0.29, 0.717) is 17.5 Å². The summed E-state index contributed by atoms with van der Waals surface area (Å²) in [4.78, 5) is 6.59. The lowest BCUT2D eigenvalue weighted by Crippen LogP contribution is -2.35. The molecule has 4 heterocycles. The molecular formula is C16H19N7O. The molecule has 0 amide bonds. The second-order valence-electron chi connectivity index (χ2n) is 6.12. The lowest BCUT2D eigenvalue weighted by molar-refractivity contribution is 0.331. The first-order valence-electron chi connectivity index (χ1n) is 8.10. The normalized spacial score (nSPS) is 18.1. The molecule has 1 saturated heterocycles. The Hall–Kier alpha value is -2.77. The molecule has 0 bridgehead atoms. The molecule has 0 aliphatic carbocycles. The maximum atomic E-state index is 5.33. The standard InChI is InChI=1S/C16H19N7O/c1-11-7-9-23(20-11)15-6-5-14(18-19-15)22-8-3-4-13(10-22)16-17-12(2)21-24-16/h5-7,9,13H,3-4,8,10H2,1-2H3/t13-/m0/s1. The lowest BCUT2D eigenvalue weighted by atomic mass is 9.98. The number of hydrogen-bond acceptors (Lipinski definition) is 7. The second kappa shape index (κ2) is 6.03. The molecule has 0 spiro atoms. The summed E-state index contributed by atoms with van der Waals surface area (Å²) in [6.45, 7) is 5.56. The predicted octanol–water partition coefficient (Wildman–Crippen LogP) is 2.05. The van der Waals surface area contributed by atoms with Gasteiger partial charge in [-0.05, 0) is 44.9 Å². The van der Waals surface area contributed by atoms with Crippen LogP contribution < -0.4 is 4.90 Å². The van der Waals surface area contributed by atoms with Crippen LogP contribution in [0.5, 0.6) is 0 Å². The van der Waals surface area contributed by atoms with E-state index in [9.17, 15) is 0 Å². The number of aryl methyl sites for hydroxylation is 2. The van der Waals surface area contributed by atoms with Crippen molar-refractivity contribution in [3.8, 4) is 5.82 Å². The Bertz CT molecular complexity index is 823. The number of nitrogens with zero attached hydrogens (tertiary/aromatic N) is 7. The van der Waals surface area contributed by atoms with E-state index >= 15 is 0 Å². The molecule has 0 N–H and O–H groups in total. The van der Waals surface area contributed by atoms with Crippen LogP contribution in [0.3, 0.4) is 0 Å². The Morgan fingerprint density at radius 3 is 2.62 bits per heavy atom. The van der Waals surface area contributed by atoms with Crippen LogP contribution in [0, 0.1) is 13.8 Å². The van der Waals surface area contributed by atoms with Crippen LogP contribution >= 0.6 is 0 Å². The zero-order chi connectivity index (χ0) is 16.5. The van der Waals surface area contributed by atoms with E-state index in [1.807, 2.05) is 38.2 Å². The van der Waals surface area contributed by atoms with E-state index in [1.165, 1.54) is 0 Å². The summed E-state index contributed by atoms with van der Waals surface area (Å²) in [5.74, 6) is 3.22. The Kier molecular flexibility index (Phi) is 3.72. The van der Waals surface area contributed by atoms with E-state index in [4.69, 9.17) is 4.52 Å². The van der Waals surface area contributed by atoms with Gasteiger partial charge in [0.25, 0.3) is 0 Å². The largest absolute Gasteiger partial charge is 0.354 e. The summed E-state index contributed by atoms with van der Waals surface area (Å²) >= 11 is 0. The number of piperidine rings is 1. The van der Waals surface area contributed by atoms with Gasteiger partial charge >= 0.3 is 0 Å². The SMILES string of the molecule is Cc1ccn(-c2ccc(N3CCC[C@H](c4nc(C)no4)C3)nn2)n1. The first-order chi connectivity index (χ1) is 11.7. The topological polar surface area (TPSA) is 85.8 Å². The molecule has 4 rings (SSSR count). The molecule has 8 nitrogen and oxygen atoms in total. The van der Waals surface area contributed by atoms with E-state index in [0.717, 1.165) is 37.4 Å². The summed E-state index contributed by atoms with van der Waals surface area (Å²) in [6, 6.07) is 5.87. The van der Waals surface area contributed by atoms with Crippen LogP contribution in [0.15, 0.2) is 28.9 Å². The maximum Gasteiger partial charge on any atom is 0.231 e. The summed E-state index contributed by atoms with van der Waals surface area (Å²) in [6.07, 6.45) is 4.00. The van der Waals surface area contributed by atoms with E-state index in [2.05, 4.69) is 30.3 Å². The number of hydrogen-bond donors (Lipinski definition) is 0. The van der Waals surface area contributed by atoms with Crippen molar-refractivity contribution in [3.05, 3.63) is 41.8 Å². The highest BCUT2D eigenvalue weighted by atomic mass is 16.5. The zero-order valence-corrected chi connectivity index (χ0v) is 13.8. The molecule has 3 aromatic rings. The van der Waals surface area contributed by atoms with E-state index < -0.39 is 0 Å². The summed E-state index contributed by atoms with van der Waals surface area (Å²) in [5, 5.41) is 16.9. The van der Waals surface area contributed by atoms with Crippen LogP contribution in [0.1, 0.15) is 36.2 Å². The minimum Gasteiger partial charge on any atom is -0.354 e. The first kappa shape index (κ1) is 14.8. The molecule has 3 aromatic heterocycles. The highest BCUT2D eigenvalue weighted by Crippen LogP contribution is 2.28. The van der Waals surface area contributed by atoms with Crippen LogP contribution in [0.4, 0.5) is 5.82 Å². The number of aromatic nitrogens is 6. The van der Waals surface area contributed by atoms with Gasteiger partial charge in [-0.25, -0.2) is 4.68 Å². The van der Waals surface area contributed by atoms with Gasteiger partial charge in [0.15, 0.2) is 17.5 Å². The van der Waals surface area contributed by atoms with Gasteiger partial charge in [-0.15, -0.1) is 10.2 Å². The van der Waals surface area contributed by atoms with Crippen molar-refractivity contribution in [1.29, 1.82) is 0 Å². The molecule has 1 aliphatic heterocycles. The summed E-state index contributed by atoms with van der Waals surface area (Å²) in [5.41, 5.74) is 0.953. The van der Waals surface area contributed by atoms with Crippen molar-refractivity contribution in [2.75, 3.05) is 18.0 Å². The van der Waals surface area contributed by atoms with E-state index in [-0.39, 0.29) is 5.92 Å². The molecule has 124 valence electrons. The van der Waals surface area contributed by atoms with Crippen molar-refractivity contribution in [3.63, 3.8) is 0 Å². The average Bonchev–Trinajstić information content (AvgIpc) is 3.24. The first-order valence-corrected chi connectivity index (χ1v) is 8.10. The third-order valence-corrected chi connectivity index (χ3v) is 4.23. The van der Waals surface area contributed by atoms with Crippen LogP contribution in [0.2, 0.25) is 0 Å². The van der Waals surface area contributed by atoms with Crippen molar-refractivity contribution >= 4 is 5.82 Å². The molecule has 8 heteroatoms. The Balaban J connectivity index is 1.50. The van der Waals surface area contributed by atoms with Gasteiger partial charge < -0.3 is 9.42 Å². The molecule has 1 atom stereocenters. The molecule has 0 unspecified atom stereocenters. The van der Waals surface area contributed by atoms with E-state index in [1.54, 1.807) is 4.68 Å². The highest BCUT2D eigenvalue weighted by Gasteiger charge is 2.26. The zero-order valence-electron chi connectivity index (χ0n) is 13.8. The fourth-order valence-corrected chi connectivity index (χ4v) is 3.02. The van der Waals surface area contributed by atoms with Gasteiger partial charge in [0.1, 0.15) is 0 Å². The summed E-state index contributed by atoms with van der Waals surface area (Å²) < 4.78 is 7.06. The minimum absolute atomic E-state index is 0.246. The molecule has 0 aromatic carbocycles. The van der Waals surface area contributed by atoms with Crippen molar-refractivity contribution in [1.82, 2.24) is 30.1 Å². The van der Waals surface area contributed by atoms with Crippen molar-refractivity contribution < 1.29 is 4.52 Å².